The molecule has 156 valence electrons. The molecule has 1 atom stereocenters. The van der Waals surface area contributed by atoms with Crippen molar-refractivity contribution in [2.24, 2.45) is 0 Å². The van der Waals surface area contributed by atoms with Crippen molar-refractivity contribution in [2.45, 2.75) is 38.3 Å². The number of hydrogen-bond acceptors (Lipinski definition) is 4. The molecule has 2 heterocycles. The summed E-state index contributed by atoms with van der Waals surface area (Å²) >= 11 is 5.96. The molecule has 6 nitrogen and oxygen atoms in total. The van der Waals surface area contributed by atoms with Crippen molar-refractivity contribution in [3.05, 3.63) is 75.3 Å². The lowest BCUT2D eigenvalue weighted by Gasteiger charge is -2.24. The molecule has 4 rings (SSSR count). The average molecular weight is 426 g/mol. The zero-order valence-corrected chi connectivity index (χ0v) is 17.6. The van der Waals surface area contributed by atoms with Crippen molar-refractivity contribution >= 4 is 28.4 Å². The van der Waals surface area contributed by atoms with Crippen LogP contribution in [0.15, 0.2) is 53.6 Å². The second-order valence-electron chi connectivity index (χ2n) is 8.11. The van der Waals surface area contributed by atoms with Crippen molar-refractivity contribution in [1.29, 1.82) is 0 Å². The van der Waals surface area contributed by atoms with Gasteiger partial charge in [0.2, 0.25) is 5.91 Å². The maximum Gasteiger partial charge on any atom is 0.261 e. The topological polar surface area (TPSA) is 75.4 Å². The van der Waals surface area contributed by atoms with Crippen LogP contribution in [0.4, 0.5) is 0 Å². The highest BCUT2D eigenvalue weighted by Crippen LogP contribution is 2.24. The summed E-state index contributed by atoms with van der Waals surface area (Å²) in [6.45, 7) is 2.82. The zero-order valence-electron chi connectivity index (χ0n) is 16.8. The van der Waals surface area contributed by atoms with Crippen LogP contribution in [-0.4, -0.2) is 44.2 Å². The highest BCUT2D eigenvalue weighted by Gasteiger charge is 2.38. The van der Waals surface area contributed by atoms with Crippen LogP contribution in [0.3, 0.4) is 0 Å². The van der Waals surface area contributed by atoms with E-state index in [1.54, 1.807) is 23.1 Å². The van der Waals surface area contributed by atoms with E-state index in [4.69, 9.17) is 11.6 Å². The number of rotatable bonds is 5. The quantitative estimate of drug-likeness (QED) is 0.682. The first-order chi connectivity index (χ1) is 14.3. The van der Waals surface area contributed by atoms with Crippen LogP contribution < -0.4 is 5.56 Å². The summed E-state index contributed by atoms with van der Waals surface area (Å²) in [7, 11) is 0. The van der Waals surface area contributed by atoms with E-state index < -0.39 is 5.60 Å². The van der Waals surface area contributed by atoms with E-state index in [-0.39, 0.29) is 24.6 Å². The minimum absolute atomic E-state index is 0.0186. The molecule has 0 bridgehead atoms. The van der Waals surface area contributed by atoms with E-state index in [2.05, 4.69) is 4.98 Å². The molecule has 0 aliphatic carbocycles. The Morgan fingerprint density at radius 2 is 2.00 bits per heavy atom. The number of amides is 1. The third-order valence-corrected chi connectivity index (χ3v) is 5.92. The molecular weight excluding hydrogens is 402 g/mol. The maximum absolute atomic E-state index is 12.8. The lowest BCUT2D eigenvalue weighted by Crippen LogP contribution is -2.41. The summed E-state index contributed by atoms with van der Waals surface area (Å²) in [6, 6.07) is 13.1. The normalized spacial score (nSPS) is 18.8. The van der Waals surface area contributed by atoms with Gasteiger partial charge in [-0.25, -0.2) is 4.98 Å². The van der Waals surface area contributed by atoms with Crippen LogP contribution in [0.1, 0.15) is 24.0 Å². The minimum Gasteiger partial charge on any atom is -0.386 e. The van der Waals surface area contributed by atoms with Crippen molar-refractivity contribution in [3.8, 4) is 0 Å². The van der Waals surface area contributed by atoms with Crippen molar-refractivity contribution in [3.63, 3.8) is 0 Å². The number of benzene rings is 2. The molecule has 1 fully saturated rings. The summed E-state index contributed by atoms with van der Waals surface area (Å²) in [5, 5.41) is 12.0. The van der Waals surface area contributed by atoms with Crippen LogP contribution >= 0.6 is 11.6 Å². The van der Waals surface area contributed by atoms with Gasteiger partial charge in [0.1, 0.15) is 5.60 Å². The smallest absolute Gasteiger partial charge is 0.261 e. The van der Waals surface area contributed by atoms with Crippen molar-refractivity contribution in [2.75, 3.05) is 13.1 Å². The van der Waals surface area contributed by atoms with Gasteiger partial charge in [-0.15, -0.1) is 0 Å². The second kappa shape index (κ2) is 8.20. The number of fused-ring (bicyclic) bond motifs is 1. The van der Waals surface area contributed by atoms with Gasteiger partial charge >= 0.3 is 0 Å². The Hall–Kier alpha value is -2.70. The third-order valence-electron chi connectivity index (χ3n) is 5.69. The highest BCUT2D eigenvalue weighted by atomic mass is 35.5. The van der Waals surface area contributed by atoms with E-state index >= 15 is 0 Å². The SMILES string of the molecule is Cc1ccc(CCC(=O)N2CCC(O)(Cn3cnc4cc(Cl)ccc4c3=O)C2)cc1. The first-order valence-electron chi connectivity index (χ1n) is 10.0. The third kappa shape index (κ3) is 4.40. The number of aryl methyl sites for hydroxylation is 2. The maximum atomic E-state index is 12.8. The molecule has 0 saturated carbocycles. The van der Waals surface area contributed by atoms with Crippen molar-refractivity contribution < 1.29 is 9.90 Å². The van der Waals surface area contributed by atoms with Gasteiger partial charge in [-0.3, -0.25) is 14.2 Å². The molecule has 1 aliphatic heterocycles. The number of nitrogens with zero attached hydrogens (tertiary/aromatic N) is 3. The Labute approximate surface area is 179 Å². The van der Waals surface area contributed by atoms with Crippen LogP contribution in [-0.2, 0) is 17.8 Å². The van der Waals surface area contributed by atoms with Crippen LogP contribution in [0.5, 0.6) is 0 Å². The molecule has 1 N–H and O–H groups in total. The standard InChI is InChI=1S/C23H24ClN3O3/c1-16-2-4-17(5-3-16)6-9-21(28)26-11-10-23(30,13-26)14-27-15-25-20-12-18(24)7-8-19(20)22(27)29/h2-5,7-8,12,15,30H,6,9-11,13-14H2,1H3. The fourth-order valence-corrected chi connectivity index (χ4v) is 4.09. The molecule has 1 saturated heterocycles. The monoisotopic (exact) mass is 425 g/mol. The lowest BCUT2D eigenvalue weighted by atomic mass is 10.0. The summed E-state index contributed by atoms with van der Waals surface area (Å²) < 4.78 is 1.41. The van der Waals surface area contributed by atoms with Gasteiger partial charge in [-0.05, 0) is 43.5 Å². The van der Waals surface area contributed by atoms with Gasteiger partial charge in [0.15, 0.2) is 0 Å². The van der Waals surface area contributed by atoms with E-state index in [0.717, 1.165) is 5.56 Å². The van der Waals surface area contributed by atoms with E-state index in [1.165, 1.54) is 16.5 Å². The molecule has 0 spiro atoms. The minimum atomic E-state index is -1.15. The average Bonchev–Trinajstić information content (AvgIpc) is 3.11. The Morgan fingerprint density at radius 1 is 1.23 bits per heavy atom. The number of carbonyl (C=O) groups is 1. The number of hydrogen-bond donors (Lipinski definition) is 1. The fraction of sp³-hybridized carbons (Fsp3) is 0.348. The van der Waals surface area contributed by atoms with Crippen LogP contribution in [0.25, 0.3) is 10.9 Å². The number of likely N-dealkylation sites (tertiary alicyclic amines) is 1. The second-order valence-corrected chi connectivity index (χ2v) is 8.55. The molecule has 2 aromatic carbocycles. The predicted molar refractivity (Wildman–Crippen MR) is 117 cm³/mol. The summed E-state index contributed by atoms with van der Waals surface area (Å²) in [4.78, 5) is 31.4. The predicted octanol–water partition coefficient (Wildman–Crippen LogP) is 2.95. The van der Waals surface area contributed by atoms with Gasteiger partial charge in [-0.1, -0.05) is 41.4 Å². The molecule has 1 unspecified atom stereocenters. The summed E-state index contributed by atoms with van der Waals surface area (Å²) in [5.74, 6) is 0.0186. The molecule has 1 aromatic heterocycles. The van der Waals surface area contributed by atoms with Gasteiger partial charge in [0.25, 0.3) is 5.56 Å². The van der Waals surface area contributed by atoms with E-state index in [9.17, 15) is 14.7 Å². The van der Waals surface area contributed by atoms with E-state index in [1.807, 2.05) is 31.2 Å². The lowest BCUT2D eigenvalue weighted by molar-refractivity contribution is -0.131. The number of aromatic nitrogens is 2. The Balaban J connectivity index is 1.41. The number of β-amino-alcohol motifs (C(OH)–C–C–N with tert-alkyl or cyclic N) is 1. The van der Waals surface area contributed by atoms with Gasteiger partial charge in [0.05, 0.1) is 30.3 Å². The van der Waals surface area contributed by atoms with Crippen LogP contribution in [0, 0.1) is 6.92 Å². The molecule has 30 heavy (non-hydrogen) atoms. The Kier molecular flexibility index (Phi) is 5.62. The van der Waals surface area contributed by atoms with Gasteiger partial charge < -0.3 is 10.0 Å². The van der Waals surface area contributed by atoms with Crippen molar-refractivity contribution in [1.82, 2.24) is 14.5 Å². The highest BCUT2D eigenvalue weighted by molar-refractivity contribution is 6.31. The molecule has 7 heteroatoms. The number of halogens is 1. The molecule has 0 radical (unpaired) electrons. The molecule has 3 aromatic rings. The first kappa shape index (κ1) is 20.6. The first-order valence-corrected chi connectivity index (χ1v) is 10.4. The molecule has 1 aliphatic rings. The molecular formula is C23H24ClN3O3. The van der Waals surface area contributed by atoms with E-state index in [0.29, 0.717) is 41.7 Å². The summed E-state index contributed by atoms with van der Waals surface area (Å²) in [5.41, 5.74) is 1.46. The zero-order chi connectivity index (χ0) is 21.3. The van der Waals surface area contributed by atoms with Crippen LogP contribution in [0.2, 0.25) is 5.02 Å². The number of aliphatic hydroxyl groups is 1. The Morgan fingerprint density at radius 3 is 2.77 bits per heavy atom. The number of carbonyl (C=O) groups excluding carboxylic acids is 1. The largest absolute Gasteiger partial charge is 0.386 e. The Bertz CT molecular complexity index is 1140. The van der Waals surface area contributed by atoms with Gasteiger partial charge in [-0.2, -0.15) is 0 Å². The van der Waals surface area contributed by atoms with Gasteiger partial charge in [0, 0.05) is 18.0 Å². The fourth-order valence-electron chi connectivity index (χ4n) is 3.92. The summed E-state index contributed by atoms with van der Waals surface area (Å²) in [6.07, 6.45) is 2.93. The molecule has 1 amide bonds.